The largest absolute Gasteiger partial charge is 0.287 e. The van der Waals surface area contributed by atoms with Gasteiger partial charge in [-0.15, -0.1) is 11.3 Å². The molecule has 0 amide bonds. The van der Waals surface area contributed by atoms with Crippen LogP contribution in [0, 0.1) is 6.92 Å². The van der Waals surface area contributed by atoms with Gasteiger partial charge in [-0.1, -0.05) is 0 Å². The lowest BCUT2D eigenvalue weighted by Gasteiger charge is -1.83. The minimum atomic E-state index is 0.529. The Morgan fingerprint density at radius 1 is 1.73 bits per heavy atom. The highest BCUT2D eigenvalue weighted by atomic mass is 32.1. The van der Waals surface area contributed by atoms with Crippen molar-refractivity contribution in [1.82, 2.24) is 9.38 Å². The van der Waals surface area contributed by atoms with E-state index in [-0.39, 0.29) is 0 Å². The second-order valence-electron chi connectivity index (χ2n) is 2.20. The molecule has 2 heterocycles. The molecule has 0 aliphatic carbocycles. The lowest BCUT2D eigenvalue weighted by Crippen LogP contribution is -1.88. The molecular formula is C7H5N2OS. The number of aromatic nitrogens is 2. The number of imidazole rings is 1. The van der Waals surface area contributed by atoms with E-state index in [1.807, 2.05) is 17.9 Å². The first kappa shape index (κ1) is 6.54. The third-order valence-corrected chi connectivity index (χ3v) is 2.29. The smallest absolute Gasteiger partial charge is 0.253 e. The van der Waals surface area contributed by atoms with Crippen LogP contribution in [0.5, 0.6) is 0 Å². The van der Waals surface area contributed by atoms with E-state index in [4.69, 9.17) is 0 Å². The number of nitrogens with zero attached hydrogens (tertiary/aromatic N) is 2. The highest BCUT2D eigenvalue weighted by molar-refractivity contribution is 7.15. The maximum Gasteiger partial charge on any atom is 0.253 e. The molecule has 55 valence electrons. The molecule has 2 rings (SSSR count). The standard InChI is InChI=1S/C7H5N2OS/c1-5-6(4-10)9-2-3-11-7(9)8-5/h2-3H,1H3. The summed E-state index contributed by atoms with van der Waals surface area (Å²) in [5.41, 5.74) is 1.27. The molecule has 11 heavy (non-hydrogen) atoms. The third kappa shape index (κ3) is 0.793. The summed E-state index contributed by atoms with van der Waals surface area (Å²) in [6, 6.07) is 0. The van der Waals surface area contributed by atoms with Gasteiger partial charge in [0, 0.05) is 11.6 Å². The van der Waals surface area contributed by atoms with Crippen molar-refractivity contribution in [1.29, 1.82) is 0 Å². The molecule has 4 heteroatoms. The number of thiazole rings is 1. The van der Waals surface area contributed by atoms with E-state index >= 15 is 0 Å². The van der Waals surface area contributed by atoms with Gasteiger partial charge < -0.3 is 0 Å². The highest BCUT2D eigenvalue weighted by Crippen LogP contribution is 2.14. The predicted molar refractivity (Wildman–Crippen MR) is 42.6 cm³/mol. The minimum absolute atomic E-state index is 0.529. The van der Waals surface area contributed by atoms with Crippen molar-refractivity contribution >= 4 is 22.6 Å². The number of fused-ring (bicyclic) bond motifs is 1. The van der Waals surface area contributed by atoms with Gasteiger partial charge in [0.15, 0.2) is 4.96 Å². The summed E-state index contributed by atoms with van der Waals surface area (Å²) in [5, 5.41) is 1.89. The zero-order valence-electron chi connectivity index (χ0n) is 5.87. The molecule has 2 aromatic heterocycles. The molecule has 3 nitrogen and oxygen atoms in total. The van der Waals surface area contributed by atoms with Crippen molar-refractivity contribution in [3.63, 3.8) is 0 Å². The number of aryl methyl sites for hydroxylation is 1. The molecule has 0 N–H and O–H groups in total. The van der Waals surface area contributed by atoms with Gasteiger partial charge >= 0.3 is 0 Å². The van der Waals surface area contributed by atoms with Crippen molar-refractivity contribution in [2.75, 3.05) is 0 Å². The van der Waals surface area contributed by atoms with Crippen LogP contribution in [-0.2, 0) is 4.79 Å². The van der Waals surface area contributed by atoms with Crippen molar-refractivity contribution in [2.24, 2.45) is 0 Å². The highest BCUT2D eigenvalue weighted by Gasteiger charge is 2.07. The number of hydrogen-bond acceptors (Lipinski definition) is 3. The minimum Gasteiger partial charge on any atom is -0.287 e. The molecule has 0 saturated carbocycles. The van der Waals surface area contributed by atoms with E-state index in [1.165, 1.54) is 11.3 Å². The molecule has 0 atom stereocenters. The lowest BCUT2D eigenvalue weighted by molar-refractivity contribution is 0.561. The summed E-state index contributed by atoms with van der Waals surface area (Å²) >= 11 is 1.51. The van der Waals surface area contributed by atoms with E-state index in [2.05, 4.69) is 4.98 Å². The fourth-order valence-electron chi connectivity index (χ4n) is 1.02. The predicted octanol–water partition coefficient (Wildman–Crippen LogP) is 1.16. The number of rotatable bonds is 1. The average Bonchev–Trinajstić information content (AvgIpc) is 2.46. The van der Waals surface area contributed by atoms with E-state index in [9.17, 15) is 4.79 Å². The molecule has 0 aliphatic heterocycles. The zero-order chi connectivity index (χ0) is 7.84. The van der Waals surface area contributed by atoms with E-state index < -0.39 is 0 Å². The van der Waals surface area contributed by atoms with Crippen LogP contribution in [-0.4, -0.2) is 15.7 Å². The fourth-order valence-corrected chi connectivity index (χ4v) is 1.78. The Morgan fingerprint density at radius 3 is 3.27 bits per heavy atom. The van der Waals surface area contributed by atoms with Gasteiger partial charge in [-0.25, -0.2) is 4.98 Å². The second-order valence-corrected chi connectivity index (χ2v) is 3.08. The molecule has 0 saturated heterocycles. The Kier molecular flexibility index (Phi) is 1.29. The van der Waals surface area contributed by atoms with Crippen LogP contribution in [0.4, 0.5) is 0 Å². The molecular weight excluding hydrogens is 160 g/mol. The van der Waals surface area contributed by atoms with Gasteiger partial charge in [0.25, 0.3) is 6.29 Å². The SMILES string of the molecule is Cc1nc2sccn2c1[C]=O. The Bertz CT molecular complexity index is 401. The van der Waals surface area contributed by atoms with Crippen molar-refractivity contribution in [3.05, 3.63) is 23.0 Å². The van der Waals surface area contributed by atoms with Gasteiger partial charge in [-0.2, -0.15) is 0 Å². The monoisotopic (exact) mass is 165 g/mol. The van der Waals surface area contributed by atoms with Crippen molar-refractivity contribution < 1.29 is 4.79 Å². The number of carbonyl (C=O) groups excluding carboxylic acids is 1. The molecule has 0 unspecified atom stereocenters. The van der Waals surface area contributed by atoms with Gasteiger partial charge in [-0.3, -0.25) is 9.20 Å². The normalized spacial score (nSPS) is 10.6. The van der Waals surface area contributed by atoms with E-state index in [0.717, 1.165) is 10.7 Å². The number of hydrogen-bond donors (Lipinski definition) is 0. The first-order valence-corrected chi connectivity index (χ1v) is 4.01. The maximum atomic E-state index is 10.4. The van der Waals surface area contributed by atoms with Gasteiger partial charge in [0.2, 0.25) is 0 Å². The zero-order valence-corrected chi connectivity index (χ0v) is 6.68. The Labute approximate surface area is 67.3 Å². The topological polar surface area (TPSA) is 34.4 Å². The van der Waals surface area contributed by atoms with Crippen LogP contribution in [0.1, 0.15) is 11.4 Å². The van der Waals surface area contributed by atoms with E-state index in [0.29, 0.717) is 5.69 Å². The summed E-state index contributed by atoms with van der Waals surface area (Å²) in [6.07, 6.45) is 3.68. The first-order valence-electron chi connectivity index (χ1n) is 3.13. The van der Waals surface area contributed by atoms with Crippen LogP contribution < -0.4 is 0 Å². The van der Waals surface area contributed by atoms with Crippen LogP contribution in [0.2, 0.25) is 0 Å². The molecule has 0 fully saturated rings. The van der Waals surface area contributed by atoms with Gasteiger partial charge in [0.1, 0.15) is 5.69 Å². The summed E-state index contributed by atoms with van der Waals surface area (Å²) in [7, 11) is 0. The van der Waals surface area contributed by atoms with Gasteiger partial charge in [0.05, 0.1) is 5.69 Å². The second kappa shape index (κ2) is 2.17. The Balaban J connectivity index is 2.90. The Hall–Kier alpha value is -1.16. The van der Waals surface area contributed by atoms with Gasteiger partial charge in [-0.05, 0) is 6.92 Å². The van der Waals surface area contributed by atoms with Crippen LogP contribution in [0.3, 0.4) is 0 Å². The molecule has 0 aromatic carbocycles. The summed E-state index contributed by atoms with van der Waals surface area (Å²) in [4.78, 5) is 15.4. The molecule has 0 spiro atoms. The average molecular weight is 165 g/mol. The molecule has 0 aliphatic rings. The fraction of sp³-hybridized carbons (Fsp3) is 0.143. The summed E-state index contributed by atoms with van der Waals surface area (Å²) in [6.45, 7) is 1.81. The molecule has 0 bridgehead atoms. The third-order valence-electron chi connectivity index (χ3n) is 1.53. The van der Waals surface area contributed by atoms with Crippen molar-refractivity contribution in [2.45, 2.75) is 6.92 Å². The quantitative estimate of drug-likeness (QED) is 0.635. The Morgan fingerprint density at radius 2 is 2.55 bits per heavy atom. The van der Waals surface area contributed by atoms with Crippen molar-refractivity contribution in [3.8, 4) is 0 Å². The van der Waals surface area contributed by atoms with Crippen LogP contribution in [0.15, 0.2) is 11.6 Å². The first-order chi connectivity index (χ1) is 5.33. The molecule has 1 radical (unpaired) electrons. The summed E-state index contributed by atoms with van der Waals surface area (Å²) in [5.74, 6) is 0. The van der Waals surface area contributed by atoms with Crippen LogP contribution in [0.25, 0.3) is 4.96 Å². The lowest BCUT2D eigenvalue weighted by atomic mass is 10.4. The molecule has 2 aromatic rings. The maximum absolute atomic E-state index is 10.4. The van der Waals surface area contributed by atoms with Crippen LogP contribution >= 0.6 is 11.3 Å². The summed E-state index contributed by atoms with van der Waals surface area (Å²) < 4.78 is 1.74. The van der Waals surface area contributed by atoms with E-state index in [1.54, 1.807) is 11.3 Å².